The Bertz CT molecular complexity index is 980. The number of benzene rings is 2. The molecule has 0 aliphatic carbocycles. The molecule has 5 nitrogen and oxygen atoms in total. The van der Waals surface area contributed by atoms with E-state index in [1.165, 1.54) is 17.7 Å². The maximum Gasteiger partial charge on any atom is 0.340 e. The van der Waals surface area contributed by atoms with E-state index < -0.39 is 0 Å². The zero-order chi connectivity index (χ0) is 19.5. The number of aromatic nitrogens is 1. The van der Waals surface area contributed by atoms with E-state index in [2.05, 4.69) is 29.2 Å². The molecular weight excluding hydrogens is 350 g/mol. The Hall–Kier alpha value is -2.92. The van der Waals surface area contributed by atoms with E-state index in [0.717, 1.165) is 54.9 Å². The van der Waals surface area contributed by atoms with Crippen LogP contribution in [0, 0.1) is 6.92 Å². The second-order valence-electron chi connectivity index (χ2n) is 7.32. The minimum atomic E-state index is -0.298. The second-order valence-corrected chi connectivity index (χ2v) is 7.32. The number of hydrogen-bond donors (Lipinski definition) is 1. The minimum absolute atomic E-state index is 0.298. The van der Waals surface area contributed by atoms with Gasteiger partial charge in [0.1, 0.15) is 12.2 Å². The van der Waals surface area contributed by atoms with Gasteiger partial charge in [0, 0.05) is 11.1 Å². The molecule has 0 bridgehead atoms. The van der Waals surface area contributed by atoms with E-state index in [4.69, 9.17) is 9.72 Å². The van der Waals surface area contributed by atoms with Crippen molar-refractivity contribution >= 4 is 22.6 Å². The van der Waals surface area contributed by atoms with E-state index in [1.54, 1.807) is 0 Å². The van der Waals surface area contributed by atoms with Crippen molar-refractivity contribution in [1.82, 2.24) is 4.98 Å². The number of anilines is 1. The molecule has 0 spiro atoms. The summed E-state index contributed by atoms with van der Waals surface area (Å²) >= 11 is 0. The smallest absolute Gasteiger partial charge is 0.340 e. The number of methoxy groups -OCH3 is 1. The summed E-state index contributed by atoms with van der Waals surface area (Å²) in [7, 11) is 1.44. The van der Waals surface area contributed by atoms with Gasteiger partial charge in [0.15, 0.2) is 0 Å². The largest absolute Gasteiger partial charge is 0.465 e. The third-order valence-corrected chi connectivity index (χ3v) is 5.63. The first-order valence-electron chi connectivity index (χ1n) is 9.77. The van der Waals surface area contributed by atoms with Crippen molar-refractivity contribution in [3.8, 4) is 0 Å². The Kier molecular flexibility index (Phi) is 5.26. The lowest BCUT2D eigenvalue weighted by Crippen LogP contribution is -3.13. The zero-order valence-electron chi connectivity index (χ0n) is 16.4. The molecule has 1 aliphatic rings. The molecule has 1 N–H and O–H groups in total. The van der Waals surface area contributed by atoms with Gasteiger partial charge in [0.25, 0.3) is 0 Å². The van der Waals surface area contributed by atoms with E-state index in [0.29, 0.717) is 5.56 Å². The number of ether oxygens (including phenoxy) is 1. The van der Waals surface area contributed by atoms with Crippen LogP contribution < -0.4 is 9.80 Å². The van der Waals surface area contributed by atoms with Gasteiger partial charge in [-0.25, -0.2) is 9.78 Å². The molecule has 0 radical (unpaired) electrons. The van der Waals surface area contributed by atoms with Crippen molar-refractivity contribution in [3.63, 3.8) is 0 Å². The third-order valence-electron chi connectivity index (χ3n) is 5.63. The Morgan fingerprint density at radius 2 is 1.75 bits per heavy atom. The molecular formula is C23H26N3O2+. The molecule has 1 aromatic heterocycles. The fraction of sp³-hybridized carbons (Fsp3) is 0.304. The molecule has 28 heavy (non-hydrogen) atoms. The number of carbonyl (C=O) groups excluding carboxylic acids is 1. The first-order valence-corrected chi connectivity index (χ1v) is 9.77. The summed E-state index contributed by atoms with van der Waals surface area (Å²) in [6.07, 6.45) is 0. The van der Waals surface area contributed by atoms with Gasteiger partial charge >= 0.3 is 5.97 Å². The van der Waals surface area contributed by atoms with Crippen LogP contribution in [0.25, 0.3) is 10.9 Å². The van der Waals surface area contributed by atoms with Crippen molar-refractivity contribution in [2.24, 2.45) is 0 Å². The molecule has 1 aliphatic heterocycles. The summed E-state index contributed by atoms with van der Waals surface area (Å²) in [5.74, 6) is -0.298. The Balaban J connectivity index is 1.57. The molecule has 4 rings (SSSR count). The standard InChI is InChI=1S/C23H25N3O2/c1-17-19-10-6-7-11-20(19)24-21(22(17)23(27)28-2)16-25-12-14-26(15-13-25)18-8-4-3-5-9-18/h3-11H,12-16H2,1-2H3/p+1. The van der Waals surface area contributed by atoms with Gasteiger partial charge in [-0.1, -0.05) is 36.4 Å². The summed E-state index contributed by atoms with van der Waals surface area (Å²) in [5.41, 5.74) is 4.63. The third kappa shape index (κ3) is 3.58. The van der Waals surface area contributed by atoms with Crippen LogP contribution in [0.5, 0.6) is 0 Å². The molecule has 2 heterocycles. The molecule has 0 saturated carbocycles. The van der Waals surface area contributed by atoms with Crippen molar-refractivity contribution < 1.29 is 14.4 Å². The fourth-order valence-electron chi connectivity index (χ4n) is 4.08. The number of fused-ring (bicyclic) bond motifs is 1. The van der Waals surface area contributed by atoms with E-state index in [1.807, 2.05) is 37.3 Å². The van der Waals surface area contributed by atoms with Gasteiger partial charge in [-0.15, -0.1) is 0 Å². The van der Waals surface area contributed by atoms with Crippen molar-refractivity contribution in [1.29, 1.82) is 0 Å². The predicted molar refractivity (Wildman–Crippen MR) is 111 cm³/mol. The summed E-state index contributed by atoms with van der Waals surface area (Å²) in [5, 5.41) is 1.01. The van der Waals surface area contributed by atoms with E-state index in [-0.39, 0.29) is 5.97 Å². The van der Waals surface area contributed by atoms with Gasteiger partial charge < -0.3 is 14.5 Å². The quantitative estimate of drug-likeness (QED) is 0.710. The number of piperazine rings is 1. The number of hydrogen-bond acceptors (Lipinski definition) is 4. The summed E-state index contributed by atoms with van der Waals surface area (Å²) in [6, 6.07) is 18.5. The van der Waals surface area contributed by atoms with Crippen LogP contribution in [0.2, 0.25) is 0 Å². The van der Waals surface area contributed by atoms with Crippen molar-refractivity contribution in [2.75, 3.05) is 38.2 Å². The summed E-state index contributed by atoms with van der Waals surface area (Å²) in [6.45, 7) is 6.76. The van der Waals surface area contributed by atoms with Crippen LogP contribution in [0.4, 0.5) is 5.69 Å². The first-order chi connectivity index (χ1) is 13.7. The number of para-hydroxylation sites is 2. The molecule has 144 valence electrons. The number of rotatable bonds is 4. The van der Waals surface area contributed by atoms with Crippen LogP contribution in [-0.2, 0) is 11.3 Å². The number of carbonyl (C=O) groups is 1. The zero-order valence-corrected chi connectivity index (χ0v) is 16.4. The number of pyridine rings is 1. The molecule has 0 unspecified atom stereocenters. The highest BCUT2D eigenvalue weighted by atomic mass is 16.5. The monoisotopic (exact) mass is 376 g/mol. The van der Waals surface area contributed by atoms with Gasteiger partial charge in [-0.05, 0) is 30.7 Å². The Morgan fingerprint density at radius 1 is 1.07 bits per heavy atom. The first kappa shape index (κ1) is 18.4. The molecule has 3 aromatic rings. The van der Waals surface area contributed by atoms with Gasteiger partial charge in [0.2, 0.25) is 0 Å². The molecule has 1 saturated heterocycles. The fourth-order valence-corrected chi connectivity index (χ4v) is 4.08. The molecule has 0 amide bonds. The Morgan fingerprint density at radius 3 is 2.46 bits per heavy atom. The van der Waals surface area contributed by atoms with E-state index in [9.17, 15) is 4.79 Å². The molecule has 5 heteroatoms. The van der Waals surface area contributed by atoms with Crippen LogP contribution in [0.3, 0.4) is 0 Å². The highest BCUT2D eigenvalue weighted by Gasteiger charge is 2.25. The lowest BCUT2D eigenvalue weighted by Gasteiger charge is -2.33. The number of quaternary nitrogens is 1. The average molecular weight is 376 g/mol. The summed E-state index contributed by atoms with van der Waals surface area (Å²) < 4.78 is 5.07. The van der Waals surface area contributed by atoms with E-state index >= 15 is 0 Å². The topological polar surface area (TPSA) is 46.9 Å². The van der Waals surface area contributed by atoms with Gasteiger partial charge in [-0.2, -0.15) is 0 Å². The molecule has 2 aromatic carbocycles. The number of nitrogens with one attached hydrogen (secondary N) is 1. The SMILES string of the molecule is COC(=O)c1c(C[NH+]2CCN(c3ccccc3)CC2)nc2ccccc2c1C. The lowest BCUT2D eigenvalue weighted by atomic mass is 10.0. The highest BCUT2D eigenvalue weighted by molar-refractivity contribution is 5.98. The second kappa shape index (κ2) is 7.98. The molecule has 1 fully saturated rings. The van der Waals surface area contributed by atoms with Gasteiger partial charge in [0.05, 0.1) is 44.4 Å². The van der Waals surface area contributed by atoms with Crippen LogP contribution in [0.15, 0.2) is 54.6 Å². The normalized spacial score (nSPS) is 15.0. The molecule has 0 atom stereocenters. The number of esters is 1. The maximum atomic E-state index is 12.5. The predicted octanol–water partition coefficient (Wildman–Crippen LogP) is 2.23. The van der Waals surface area contributed by atoms with Gasteiger partial charge in [-0.3, -0.25) is 0 Å². The number of nitrogens with zero attached hydrogens (tertiary/aromatic N) is 2. The van der Waals surface area contributed by atoms with Crippen molar-refractivity contribution in [3.05, 3.63) is 71.4 Å². The lowest BCUT2D eigenvalue weighted by molar-refractivity contribution is -0.914. The maximum absolute atomic E-state index is 12.5. The average Bonchev–Trinajstić information content (AvgIpc) is 2.75. The summed E-state index contributed by atoms with van der Waals surface area (Å²) in [4.78, 5) is 21.2. The minimum Gasteiger partial charge on any atom is -0.465 e. The van der Waals surface area contributed by atoms with Crippen molar-refractivity contribution in [2.45, 2.75) is 13.5 Å². The number of aryl methyl sites for hydroxylation is 1. The highest BCUT2D eigenvalue weighted by Crippen LogP contribution is 2.23. The van der Waals surface area contributed by atoms with Crippen LogP contribution in [0.1, 0.15) is 21.6 Å². The van der Waals surface area contributed by atoms with Crippen LogP contribution >= 0.6 is 0 Å². The Labute approximate surface area is 165 Å². The van der Waals surface area contributed by atoms with Crippen LogP contribution in [-0.4, -0.2) is 44.2 Å².